The van der Waals surface area contributed by atoms with E-state index in [0.29, 0.717) is 5.82 Å². The summed E-state index contributed by atoms with van der Waals surface area (Å²) >= 11 is 0. The monoisotopic (exact) mass is 335 g/mol. The third kappa shape index (κ3) is 3.74. The van der Waals surface area contributed by atoms with E-state index in [4.69, 9.17) is 0 Å². The van der Waals surface area contributed by atoms with Crippen LogP contribution in [0.3, 0.4) is 0 Å². The summed E-state index contributed by atoms with van der Waals surface area (Å²) < 4.78 is 0. The highest BCUT2D eigenvalue weighted by atomic mass is 16.2. The van der Waals surface area contributed by atoms with Crippen LogP contribution in [-0.4, -0.2) is 26.1 Å². The van der Waals surface area contributed by atoms with E-state index in [-0.39, 0.29) is 11.8 Å². The number of anilines is 1. The summed E-state index contributed by atoms with van der Waals surface area (Å²) in [5.74, 6) is 0.373. The lowest BCUT2D eigenvalue weighted by molar-refractivity contribution is -0.121. The first-order chi connectivity index (χ1) is 12.1. The Balaban J connectivity index is 1.85. The molecule has 6 nitrogen and oxygen atoms in total. The Morgan fingerprint density at radius 1 is 1.04 bits per heavy atom. The highest BCUT2D eigenvalue weighted by Gasteiger charge is 2.27. The van der Waals surface area contributed by atoms with Gasteiger partial charge in [-0.3, -0.25) is 4.79 Å². The first-order valence-electron chi connectivity index (χ1n) is 8.27. The van der Waals surface area contributed by atoms with E-state index in [1.165, 1.54) is 4.80 Å². The molecule has 0 spiro atoms. The van der Waals surface area contributed by atoms with Crippen LogP contribution in [0.2, 0.25) is 0 Å². The number of aromatic nitrogens is 4. The molecule has 0 aliphatic heterocycles. The van der Waals surface area contributed by atoms with Gasteiger partial charge in [-0.25, -0.2) is 0 Å². The highest BCUT2D eigenvalue weighted by Crippen LogP contribution is 2.22. The van der Waals surface area contributed by atoms with E-state index in [0.717, 1.165) is 16.8 Å². The van der Waals surface area contributed by atoms with Gasteiger partial charge in [-0.1, -0.05) is 62.4 Å². The van der Waals surface area contributed by atoms with Gasteiger partial charge < -0.3 is 5.32 Å². The average molecular weight is 335 g/mol. The quantitative estimate of drug-likeness (QED) is 0.775. The summed E-state index contributed by atoms with van der Waals surface area (Å²) in [6.07, 6.45) is 0. The number of para-hydroxylation sites is 1. The third-order valence-electron chi connectivity index (χ3n) is 4.01. The van der Waals surface area contributed by atoms with Crippen molar-refractivity contribution in [2.24, 2.45) is 5.92 Å². The maximum Gasteiger partial charge on any atom is 0.251 e. The van der Waals surface area contributed by atoms with Crippen LogP contribution < -0.4 is 5.32 Å². The van der Waals surface area contributed by atoms with Gasteiger partial charge in [0, 0.05) is 11.3 Å². The topological polar surface area (TPSA) is 72.7 Å². The van der Waals surface area contributed by atoms with Crippen molar-refractivity contribution >= 4 is 11.6 Å². The number of amides is 1. The van der Waals surface area contributed by atoms with Crippen LogP contribution in [0.1, 0.15) is 25.5 Å². The van der Waals surface area contributed by atoms with Crippen molar-refractivity contribution in [1.82, 2.24) is 20.2 Å². The fraction of sp³-hybridized carbons (Fsp3) is 0.263. The molecule has 1 atom stereocenters. The summed E-state index contributed by atoms with van der Waals surface area (Å²) in [6, 6.07) is 16.7. The lowest BCUT2D eigenvalue weighted by atomic mass is 10.0. The largest absolute Gasteiger partial charge is 0.324 e. The number of carbonyl (C=O) groups excluding carboxylic acids is 1. The summed E-state index contributed by atoms with van der Waals surface area (Å²) in [5.41, 5.74) is 2.67. The van der Waals surface area contributed by atoms with E-state index in [2.05, 4.69) is 20.7 Å². The summed E-state index contributed by atoms with van der Waals surface area (Å²) in [5, 5.41) is 15.6. The minimum Gasteiger partial charge on any atom is -0.324 e. The van der Waals surface area contributed by atoms with Crippen LogP contribution in [0.4, 0.5) is 5.69 Å². The van der Waals surface area contributed by atoms with Gasteiger partial charge in [-0.15, -0.1) is 10.2 Å². The zero-order valence-corrected chi connectivity index (χ0v) is 14.5. The molecule has 1 N–H and O–H groups in total. The van der Waals surface area contributed by atoms with E-state index in [9.17, 15) is 4.79 Å². The van der Waals surface area contributed by atoms with E-state index < -0.39 is 6.04 Å². The van der Waals surface area contributed by atoms with E-state index in [1.54, 1.807) is 0 Å². The van der Waals surface area contributed by atoms with Crippen molar-refractivity contribution < 1.29 is 4.79 Å². The molecule has 2 aromatic carbocycles. The number of benzene rings is 2. The van der Waals surface area contributed by atoms with Crippen molar-refractivity contribution in [2.75, 3.05) is 5.32 Å². The molecule has 0 saturated heterocycles. The van der Waals surface area contributed by atoms with Gasteiger partial charge in [0.1, 0.15) is 0 Å². The smallest absolute Gasteiger partial charge is 0.251 e. The molecule has 6 heteroatoms. The lowest BCUT2D eigenvalue weighted by Crippen LogP contribution is -2.31. The number of nitrogens with one attached hydrogen (secondary N) is 1. The SMILES string of the molecule is Cc1ccccc1NC(=O)C(C(C)C)n1nnc(-c2ccccc2)n1. The molecule has 0 aliphatic rings. The molecule has 1 heterocycles. The van der Waals surface area contributed by atoms with E-state index in [1.807, 2.05) is 75.4 Å². The fourth-order valence-electron chi connectivity index (χ4n) is 2.64. The van der Waals surface area contributed by atoms with Gasteiger partial charge in [0.15, 0.2) is 6.04 Å². The van der Waals surface area contributed by atoms with Crippen LogP contribution in [0.5, 0.6) is 0 Å². The van der Waals surface area contributed by atoms with Crippen LogP contribution in [0.15, 0.2) is 54.6 Å². The molecule has 0 saturated carbocycles. The molecule has 128 valence electrons. The van der Waals surface area contributed by atoms with Gasteiger partial charge >= 0.3 is 0 Å². The molecule has 0 radical (unpaired) electrons. The lowest BCUT2D eigenvalue weighted by Gasteiger charge is -2.19. The van der Waals surface area contributed by atoms with E-state index >= 15 is 0 Å². The number of rotatable bonds is 5. The van der Waals surface area contributed by atoms with Crippen molar-refractivity contribution in [3.63, 3.8) is 0 Å². The molecule has 3 aromatic rings. The zero-order chi connectivity index (χ0) is 17.8. The Kier molecular flexibility index (Phi) is 4.88. The molecule has 3 rings (SSSR count). The number of carbonyl (C=O) groups is 1. The highest BCUT2D eigenvalue weighted by molar-refractivity contribution is 5.94. The summed E-state index contributed by atoms with van der Waals surface area (Å²) in [4.78, 5) is 14.2. The molecular formula is C19H21N5O. The van der Waals surface area contributed by atoms with Crippen LogP contribution in [-0.2, 0) is 4.79 Å². The Bertz CT molecular complexity index is 857. The second-order valence-corrected chi connectivity index (χ2v) is 6.29. The Morgan fingerprint density at radius 3 is 2.40 bits per heavy atom. The standard InChI is InChI=1S/C19H21N5O/c1-13(2)17(19(25)20-16-12-8-7-9-14(16)3)24-22-18(21-23-24)15-10-5-4-6-11-15/h4-13,17H,1-3H3,(H,20,25). The Morgan fingerprint density at radius 2 is 1.72 bits per heavy atom. The molecule has 1 aromatic heterocycles. The van der Waals surface area contributed by atoms with Gasteiger partial charge in [0.25, 0.3) is 5.91 Å². The molecule has 1 unspecified atom stereocenters. The number of hydrogen-bond acceptors (Lipinski definition) is 4. The van der Waals surface area contributed by atoms with Gasteiger partial charge in [0.05, 0.1) is 0 Å². The Hall–Kier alpha value is -3.02. The number of hydrogen-bond donors (Lipinski definition) is 1. The molecular weight excluding hydrogens is 314 g/mol. The van der Waals surface area contributed by atoms with Crippen molar-refractivity contribution in [2.45, 2.75) is 26.8 Å². The van der Waals surface area contributed by atoms with Crippen molar-refractivity contribution in [3.8, 4) is 11.4 Å². The predicted molar refractivity (Wildman–Crippen MR) is 96.9 cm³/mol. The minimum absolute atomic E-state index is 0.0156. The summed E-state index contributed by atoms with van der Waals surface area (Å²) in [6.45, 7) is 5.89. The maximum absolute atomic E-state index is 12.8. The number of aryl methyl sites for hydroxylation is 1. The molecule has 1 amide bonds. The van der Waals surface area contributed by atoms with Crippen LogP contribution in [0, 0.1) is 12.8 Å². The molecule has 0 bridgehead atoms. The Labute approximate surface area is 146 Å². The zero-order valence-electron chi connectivity index (χ0n) is 14.5. The second kappa shape index (κ2) is 7.25. The number of nitrogens with zero attached hydrogens (tertiary/aromatic N) is 4. The first-order valence-corrected chi connectivity index (χ1v) is 8.27. The van der Waals surface area contributed by atoms with Crippen molar-refractivity contribution in [1.29, 1.82) is 0 Å². The van der Waals surface area contributed by atoms with Gasteiger partial charge in [0.2, 0.25) is 5.82 Å². The molecule has 25 heavy (non-hydrogen) atoms. The van der Waals surface area contributed by atoms with Gasteiger partial charge in [-0.05, 0) is 29.7 Å². The third-order valence-corrected chi connectivity index (χ3v) is 4.01. The predicted octanol–water partition coefficient (Wildman–Crippen LogP) is 3.48. The second-order valence-electron chi connectivity index (χ2n) is 6.29. The number of tetrazole rings is 1. The van der Waals surface area contributed by atoms with Gasteiger partial charge in [-0.2, -0.15) is 4.80 Å². The average Bonchev–Trinajstić information content (AvgIpc) is 3.07. The van der Waals surface area contributed by atoms with Crippen LogP contribution >= 0.6 is 0 Å². The maximum atomic E-state index is 12.8. The van der Waals surface area contributed by atoms with Crippen LogP contribution in [0.25, 0.3) is 11.4 Å². The molecule has 0 aliphatic carbocycles. The first kappa shape index (κ1) is 16.8. The normalized spacial score (nSPS) is 12.2. The molecule has 0 fully saturated rings. The summed E-state index contributed by atoms with van der Waals surface area (Å²) in [7, 11) is 0. The van der Waals surface area contributed by atoms with Crippen molar-refractivity contribution in [3.05, 3.63) is 60.2 Å². The fourth-order valence-corrected chi connectivity index (χ4v) is 2.64. The minimum atomic E-state index is -0.537.